The van der Waals surface area contributed by atoms with Crippen LogP contribution in [0.5, 0.6) is 11.5 Å². The molecule has 3 heterocycles. The number of benzene rings is 1. The van der Waals surface area contributed by atoms with Crippen molar-refractivity contribution in [2.75, 3.05) is 26.5 Å². The maximum absolute atomic E-state index is 12.7. The molecular formula is C16H17N3O4. The van der Waals surface area contributed by atoms with E-state index in [-0.39, 0.29) is 18.8 Å². The van der Waals surface area contributed by atoms with Gasteiger partial charge in [0.2, 0.25) is 6.79 Å². The predicted molar refractivity (Wildman–Crippen MR) is 80.5 cm³/mol. The molecule has 1 aromatic heterocycles. The minimum atomic E-state index is -0.226. The third-order valence-electron chi connectivity index (χ3n) is 4.00. The average Bonchev–Trinajstić information content (AvgIpc) is 3.22. The highest BCUT2D eigenvalue weighted by molar-refractivity contribution is 5.95. The predicted octanol–water partition coefficient (Wildman–Crippen LogP) is 1.66. The standard InChI is InChI=1S/C16H17N3O4/c1-10-7-17-15(18-10)14-8-19(4-5-21-14)16(20)11-2-3-12-13(6-11)23-9-22-12/h2-3,6-7,14H,4-5,8-9H2,1H3,(H,17,18)/t14-/m0/s1. The number of nitrogens with zero attached hydrogens (tertiary/aromatic N) is 2. The summed E-state index contributed by atoms with van der Waals surface area (Å²) in [4.78, 5) is 22.0. The second-order valence-corrected chi connectivity index (χ2v) is 5.63. The van der Waals surface area contributed by atoms with Crippen LogP contribution in [0.4, 0.5) is 0 Å². The van der Waals surface area contributed by atoms with Crippen LogP contribution in [0.15, 0.2) is 24.4 Å². The normalized spacial score (nSPS) is 19.9. The molecule has 0 saturated carbocycles. The fourth-order valence-electron chi connectivity index (χ4n) is 2.81. The minimum absolute atomic E-state index is 0.0418. The molecule has 7 nitrogen and oxygen atoms in total. The molecule has 1 amide bonds. The Labute approximate surface area is 133 Å². The van der Waals surface area contributed by atoms with Gasteiger partial charge in [0.05, 0.1) is 13.2 Å². The van der Waals surface area contributed by atoms with Gasteiger partial charge in [-0.1, -0.05) is 0 Å². The number of amides is 1. The first-order valence-corrected chi connectivity index (χ1v) is 7.53. The van der Waals surface area contributed by atoms with Crippen molar-refractivity contribution in [3.63, 3.8) is 0 Å². The summed E-state index contributed by atoms with van der Waals surface area (Å²) in [5, 5.41) is 0. The number of morpholine rings is 1. The second kappa shape index (κ2) is 5.58. The molecule has 0 unspecified atom stereocenters. The molecule has 1 saturated heterocycles. The number of hydrogen-bond acceptors (Lipinski definition) is 5. The van der Waals surface area contributed by atoms with E-state index in [1.165, 1.54) is 0 Å². The maximum atomic E-state index is 12.7. The number of H-pyrrole nitrogens is 1. The summed E-state index contributed by atoms with van der Waals surface area (Å²) in [6, 6.07) is 5.26. The van der Waals surface area contributed by atoms with Crippen LogP contribution in [0, 0.1) is 6.92 Å². The van der Waals surface area contributed by atoms with Crippen molar-refractivity contribution in [2.24, 2.45) is 0 Å². The van der Waals surface area contributed by atoms with E-state index in [2.05, 4.69) is 9.97 Å². The number of aryl methyl sites for hydroxylation is 1. The van der Waals surface area contributed by atoms with Gasteiger partial charge in [0, 0.05) is 24.0 Å². The molecule has 2 aliphatic rings. The molecule has 0 aliphatic carbocycles. The van der Waals surface area contributed by atoms with Gasteiger partial charge in [-0.3, -0.25) is 4.79 Å². The number of carbonyl (C=O) groups excluding carboxylic acids is 1. The molecule has 4 rings (SSSR count). The smallest absolute Gasteiger partial charge is 0.254 e. The molecule has 0 radical (unpaired) electrons. The lowest BCUT2D eigenvalue weighted by molar-refractivity contribution is -0.0264. The van der Waals surface area contributed by atoms with Crippen molar-refractivity contribution in [1.82, 2.24) is 14.9 Å². The zero-order chi connectivity index (χ0) is 15.8. The lowest BCUT2D eigenvalue weighted by Gasteiger charge is -2.32. The highest BCUT2D eigenvalue weighted by Gasteiger charge is 2.28. The number of aromatic nitrogens is 2. The van der Waals surface area contributed by atoms with Crippen LogP contribution in [0.25, 0.3) is 0 Å². The van der Waals surface area contributed by atoms with Gasteiger partial charge in [-0.25, -0.2) is 4.98 Å². The van der Waals surface area contributed by atoms with Gasteiger partial charge < -0.3 is 24.1 Å². The van der Waals surface area contributed by atoms with E-state index in [4.69, 9.17) is 14.2 Å². The highest BCUT2D eigenvalue weighted by atomic mass is 16.7. The third kappa shape index (κ3) is 2.63. The first-order valence-electron chi connectivity index (χ1n) is 7.53. The molecule has 1 fully saturated rings. The summed E-state index contributed by atoms with van der Waals surface area (Å²) in [6.07, 6.45) is 1.53. The van der Waals surface area contributed by atoms with Crippen molar-refractivity contribution in [2.45, 2.75) is 13.0 Å². The SMILES string of the molecule is Cc1cnc([C@@H]2CN(C(=O)c3ccc4c(c3)OCO4)CCO2)[nH]1. The van der Waals surface area contributed by atoms with Crippen molar-refractivity contribution in [3.05, 3.63) is 41.5 Å². The number of aromatic amines is 1. The number of carbonyl (C=O) groups is 1. The van der Waals surface area contributed by atoms with Crippen LogP contribution in [0.3, 0.4) is 0 Å². The number of fused-ring (bicyclic) bond motifs is 1. The lowest BCUT2D eigenvalue weighted by atomic mass is 10.1. The van der Waals surface area contributed by atoms with Crippen molar-refractivity contribution in [1.29, 1.82) is 0 Å². The van der Waals surface area contributed by atoms with E-state index in [0.717, 1.165) is 11.5 Å². The van der Waals surface area contributed by atoms with Gasteiger partial charge in [0.1, 0.15) is 11.9 Å². The second-order valence-electron chi connectivity index (χ2n) is 5.63. The summed E-state index contributed by atoms with van der Waals surface area (Å²) < 4.78 is 16.3. The average molecular weight is 315 g/mol. The molecule has 0 spiro atoms. The van der Waals surface area contributed by atoms with E-state index in [1.54, 1.807) is 29.3 Å². The molecule has 23 heavy (non-hydrogen) atoms. The Kier molecular flexibility index (Phi) is 3.42. The summed E-state index contributed by atoms with van der Waals surface area (Å²) in [6.45, 7) is 3.66. The fraction of sp³-hybridized carbons (Fsp3) is 0.375. The van der Waals surface area contributed by atoms with E-state index < -0.39 is 0 Å². The fourth-order valence-corrected chi connectivity index (χ4v) is 2.81. The van der Waals surface area contributed by atoms with E-state index in [0.29, 0.717) is 36.8 Å². The first-order chi connectivity index (χ1) is 11.2. The van der Waals surface area contributed by atoms with Gasteiger partial charge in [-0.05, 0) is 25.1 Å². The van der Waals surface area contributed by atoms with Crippen LogP contribution in [-0.2, 0) is 4.74 Å². The number of hydrogen-bond donors (Lipinski definition) is 1. The molecule has 7 heteroatoms. The Bertz CT molecular complexity index is 743. The van der Waals surface area contributed by atoms with Crippen LogP contribution in [0.1, 0.15) is 28.0 Å². The van der Waals surface area contributed by atoms with Gasteiger partial charge >= 0.3 is 0 Å². The van der Waals surface area contributed by atoms with Crippen molar-refractivity contribution in [3.8, 4) is 11.5 Å². The zero-order valence-corrected chi connectivity index (χ0v) is 12.7. The molecule has 2 aromatic rings. The first kappa shape index (κ1) is 14.1. The van der Waals surface area contributed by atoms with Gasteiger partial charge in [-0.2, -0.15) is 0 Å². The molecule has 1 atom stereocenters. The van der Waals surface area contributed by atoms with Gasteiger partial charge in [0.25, 0.3) is 5.91 Å². The van der Waals surface area contributed by atoms with Gasteiger partial charge in [-0.15, -0.1) is 0 Å². The van der Waals surface area contributed by atoms with Crippen LogP contribution in [-0.4, -0.2) is 47.3 Å². The topological polar surface area (TPSA) is 76.7 Å². The molecule has 120 valence electrons. The lowest BCUT2D eigenvalue weighted by Crippen LogP contribution is -2.42. The summed E-state index contributed by atoms with van der Waals surface area (Å²) >= 11 is 0. The van der Waals surface area contributed by atoms with Crippen molar-refractivity contribution < 1.29 is 19.0 Å². The van der Waals surface area contributed by atoms with Crippen LogP contribution in [0.2, 0.25) is 0 Å². The Morgan fingerprint density at radius 3 is 3.04 bits per heavy atom. The largest absolute Gasteiger partial charge is 0.454 e. The minimum Gasteiger partial charge on any atom is -0.454 e. The quantitative estimate of drug-likeness (QED) is 0.912. The van der Waals surface area contributed by atoms with E-state index in [9.17, 15) is 4.79 Å². The van der Waals surface area contributed by atoms with E-state index in [1.807, 2.05) is 6.92 Å². The molecule has 1 aromatic carbocycles. The monoisotopic (exact) mass is 315 g/mol. The number of ether oxygens (including phenoxy) is 3. The number of imidazole rings is 1. The van der Waals surface area contributed by atoms with Crippen LogP contribution < -0.4 is 9.47 Å². The van der Waals surface area contributed by atoms with Gasteiger partial charge in [0.15, 0.2) is 11.5 Å². The summed E-state index contributed by atoms with van der Waals surface area (Å²) in [5.74, 6) is 2.00. The third-order valence-corrected chi connectivity index (χ3v) is 4.00. The Balaban J connectivity index is 1.51. The number of rotatable bonds is 2. The Morgan fingerprint density at radius 2 is 2.22 bits per heavy atom. The Morgan fingerprint density at radius 1 is 1.35 bits per heavy atom. The summed E-state index contributed by atoms with van der Waals surface area (Å²) in [7, 11) is 0. The maximum Gasteiger partial charge on any atom is 0.254 e. The molecule has 2 aliphatic heterocycles. The summed E-state index contributed by atoms with van der Waals surface area (Å²) in [5.41, 5.74) is 1.56. The molecule has 0 bridgehead atoms. The highest BCUT2D eigenvalue weighted by Crippen LogP contribution is 2.33. The Hall–Kier alpha value is -2.54. The molecule has 1 N–H and O–H groups in total. The number of nitrogens with one attached hydrogen (secondary N) is 1. The zero-order valence-electron chi connectivity index (χ0n) is 12.7. The molecular weight excluding hydrogens is 298 g/mol. The van der Waals surface area contributed by atoms with Crippen LogP contribution >= 0.6 is 0 Å². The van der Waals surface area contributed by atoms with E-state index >= 15 is 0 Å². The van der Waals surface area contributed by atoms with Crippen molar-refractivity contribution >= 4 is 5.91 Å².